The molecular weight excluding hydrogens is 232 g/mol. The van der Waals surface area contributed by atoms with E-state index in [0.717, 1.165) is 18.7 Å². The van der Waals surface area contributed by atoms with E-state index in [1.807, 2.05) is 6.92 Å². The van der Waals surface area contributed by atoms with Crippen LogP contribution in [0.4, 0.5) is 5.69 Å². The van der Waals surface area contributed by atoms with E-state index in [0.29, 0.717) is 5.92 Å². The summed E-state index contributed by atoms with van der Waals surface area (Å²) >= 11 is 0. The molecule has 5 heteroatoms. The van der Waals surface area contributed by atoms with Gasteiger partial charge in [0.1, 0.15) is 0 Å². The Morgan fingerprint density at radius 2 is 1.94 bits per heavy atom. The minimum absolute atomic E-state index is 0.124. The predicted molar refractivity (Wildman–Crippen MR) is 70.6 cm³/mol. The molecule has 18 heavy (non-hydrogen) atoms. The Hall–Kier alpha value is -1.46. The maximum Gasteiger partial charge on any atom is 0.269 e. The van der Waals surface area contributed by atoms with Crippen molar-refractivity contribution in [1.82, 2.24) is 5.32 Å². The molecule has 0 saturated heterocycles. The molecular formula is C13H20N2O3. The molecule has 0 aliphatic rings. The molecule has 0 spiro atoms. The van der Waals surface area contributed by atoms with Crippen LogP contribution >= 0.6 is 0 Å². The van der Waals surface area contributed by atoms with Crippen molar-refractivity contribution in [2.24, 2.45) is 5.92 Å². The van der Waals surface area contributed by atoms with Crippen molar-refractivity contribution in [3.05, 3.63) is 39.9 Å². The fourth-order valence-electron chi connectivity index (χ4n) is 1.72. The Labute approximate surface area is 107 Å². The molecule has 0 fully saturated rings. The lowest BCUT2D eigenvalue weighted by Gasteiger charge is -2.17. The molecule has 0 amide bonds. The highest BCUT2D eigenvalue weighted by Gasteiger charge is 2.10. The number of rotatable bonds is 7. The number of ether oxygens (including phenoxy) is 1. The lowest BCUT2D eigenvalue weighted by molar-refractivity contribution is -0.384. The van der Waals surface area contributed by atoms with E-state index in [9.17, 15) is 10.1 Å². The molecule has 0 aliphatic heterocycles. The third-order valence-electron chi connectivity index (χ3n) is 2.83. The summed E-state index contributed by atoms with van der Waals surface area (Å²) in [7, 11) is 1.69. The fraction of sp³-hybridized carbons (Fsp3) is 0.538. The first-order valence-electron chi connectivity index (χ1n) is 6.01. The molecule has 1 N–H and O–H groups in total. The first kappa shape index (κ1) is 14.6. The van der Waals surface area contributed by atoms with Gasteiger partial charge in [-0.1, -0.05) is 19.1 Å². The van der Waals surface area contributed by atoms with Crippen LogP contribution in [0.25, 0.3) is 0 Å². The van der Waals surface area contributed by atoms with Gasteiger partial charge in [-0.25, -0.2) is 0 Å². The molecule has 5 nitrogen and oxygen atoms in total. The van der Waals surface area contributed by atoms with Gasteiger partial charge >= 0.3 is 0 Å². The van der Waals surface area contributed by atoms with Gasteiger partial charge in [0.25, 0.3) is 5.69 Å². The van der Waals surface area contributed by atoms with Crippen LogP contribution in [0.3, 0.4) is 0 Å². The largest absolute Gasteiger partial charge is 0.384 e. The maximum absolute atomic E-state index is 10.5. The third kappa shape index (κ3) is 4.43. The lowest BCUT2D eigenvalue weighted by atomic mass is 10.1. The monoisotopic (exact) mass is 252 g/mol. The van der Waals surface area contributed by atoms with Gasteiger partial charge in [0, 0.05) is 38.4 Å². The number of benzene rings is 1. The summed E-state index contributed by atoms with van der Waals surface area (Å²) in [5, 5.41) is 13.9. The SMILES string of the molecule is COCC(C)CNC(C)c1ccc([N+](=O)[O-])cc1. The van der Waals surface area contributed by atoms with E-state index in [-0.39, 0.29) is 16.7 Å². The number of methoxy groups -OCH3 is 1. The van der Waals surface area contributed by atoms with Crippen LogP contribution in [0, 0.1) is 16.0 Å². The van der Waals surface area contributed by atoms with Crippen LogP contribution in [0.1, 0.15) is 25.5 Å². The number of hydrogen-bond acceptors (Lipinski definition) is 4. The van der Waals surface area contributed by atoms with Gasteiger partial charge in [-0.05, 0) is 18.4 Å². The van der Waals surface area contributed by atoms with Gasteiger partial charge in [-0.15, -0.1) is 0 Å². The lowest BCUT2D eigenvalue weighted by Crippen LogP contribution is -2.26. The van der Waals surface area contributed by atoms with Crippen LogP contribution in [0.2, 0.25) is 0 Å². The Bertz CT molecular complexity index is 378. The smallest absolute Gasteiger partial charge is 0.269 e. The Kier molecular flexibility index (Phi) is 5.74. The zero-order valence-corrected chi connectivity index (χ0v) is 11.1. The Morgan fingerprint density at radius 1 is 1.33 bits per heavy atom. The van der Waals surface area contributed by atoms with Gasteiger partial charge in [0.15, 0.2) is 0 Å². The van der Waals surface area contributed by atoms with Gasteiger partial charge in [0.05, 0.1) is 4.92 Å². The summed E-state index contributed by atoms with van der Waals surface area (Å²) in [6, 6.07) is 6.82. The molecule has 1 aromatic rings. The normalized spacial score (nSPS) is 14.2. The van der Waals surface area contributed by atoms with Crippen molar-refractivity contribution in [2.75, 3.05) is 20.3 Å². The van der Waals surface area contributed by atoms with Crippen LogP contribution in [0.5, 0.6) is 0 Å². The number of nitro groups is 1. The van der Waals surface area contributed by atoms with E-state index in [1.165, 1.54) is 12.1 Å². The van der Waals surface area contributed by atoms with Crippen molar-refractivity contribution in [1.29, 1.82) is 0 Å². The van der Waals surface area contributed by atoms with Gasteiger partial charge < -0.3 is 10.1 Å². The van der Waals surface area contributed by atoms with Crippen LogP contribution in [-0.4, -0.2) is 25.2 Å². The van der Waals surface area contributed by atoms with E-state index in [4.69, 9.17) is 4.74 Å². The second-order valence-corrected chi connectivity index (χ2v) is 4.54. The quantitative estimate of drug-likeness (QED) is 0.598. The second kappa shape index (κ2) is 7.08. The molecule has 2 unspecified atom stereocenters. The van der Waals surface area contributed by atoms with Crippen molar-refractivity contribution >= 4 is 5.69 Å². The Morgan fingerprint density at radius 3 is 2.44 bits per heavy atom. The topological polar surface area (TPSA) is 64.4 Å². The van der Waals surface area contributed by atoms with E-state index in [2.05, 4.69) is 12.2 Å². The zero-order valence-electron chi connectivity index (χ0n) is 11.1. The molecule has 0 radical (unpaired) electrons. The summed E-state index contributed by atoms with van der Waals surface area (Å²) in [6.45, 7) is 5.73. The van der Waals surface area contributed by atoms with E-state index in [1.54, 1.807) is 19.2 Å². The highest BCUT2D eigenvalue weighted by molar-refractivity contribution is 5.33. The van der Waals surface area contributed by atoms with Gasteiger partial charge in [0.2, 0.25) is 0 Å². The van der Waals surface area contributed by atoms with Gasteiger partial charge in [-0.2, -0.15) is 0 Å². The number of nitrogens with zero attached hydrogens (tertiary/aromatic N) is 1. The van der Waals surface area contributed by atoms with Crippen LogP contribution in [-0.2, 0) is 4.74 Å². The summed E-state index contributed by atoms with van der Waals surface area (Å²) in [6.07, 6.45) is 0. The molecule has 100 valence electrons. The highest BCUT2D eigenvalue weighted by atomic mass is 16.6. The van der Waals surface area contributed by atoms with Crippen molar-refractivity contribution in [3.8, 4) is 0 Å². The third-order valence-corrected chi connectivity index (χ3v) is 2.83. The average molecular weight is 252 g/mol. The summed E-state index contributed by atoms with van der Waals surface area (Å²) in [5.41, 5.74) is 1.17. The summed E-state index contributed by atoms with van der Waals surface area (Å²) < 4.78 is 5.07. The molecule has 0 bridgehead atoms. The predicted octanol–water partition coefficient (Wildman–Crippen LogP) is 2.53. The molecule has 1 rings (SSSR count). The van der Waals surface area contributed by atoms with Crippen LogP contribution < -0.4 is 5.32 Å². The Balaban J connectivity index is 2.51. The van der Waals surface area contributed by atoms with Gasteiger partial charge in [-0.3, -0.25) is 10.1 Å². The van der Waals surface area contributed by atoms with Crippen molar-refractivity contribution in [3.63, 3.8) is 0 Å². The minimum Gasteiger partial charge on any atom is -0.384 e. The van der Waals surface area contributed by atoms with E-state index >= 15 is 0 Å². The number of hydrogen-bond donors (Lipinski definition) is 1. The maximum atomic E-state index is 10.5. The molecule has 1 aromatic carbocycles. The van der Waals surface area contributed by atoms with Crippen LogP contribution in [0.15, 0.2) is 24.3 Å². The van der Waals surface area contributed by atoms with Crippen molar-refractivity contribution < 1.29 is 9.66 Å². The molecule has 0 aliphatic carbocycles. The van der Waals surface area contributed by atoms with Crippen molar-refractivity contribution in [2.45, 2.75) is 19.9 Å². The number of nitro benzene ring substituents is 1. The number of non-ortho nitro benzene ring substituents is 1. The van der Waals surface area contributed by atoms with E-state index < -0.39 is 0 Å². The first-order valence-corrected chi connectivity index (χ1v) is 6.01. The first-order chi connectivity index (χ1) is 8.54. The standard InChI is InChI=1S/C13H20N2O3/c1-10(9-18-3)8-14-11(2)12-4-6-13(7-5-12)15(16)17/h4-7,10-11,14H,8-9H2,1-3H3. The molecule has 0 aromatic heterocycles. The second-order valence-electron chi connectivity index (χ2n) is 4.54. The zero-order chi connectivity index (χ0) is 13.5. The minimum atomic E-state index is -0.386. The fourth-order valence-corrected chi connectivity index (χ4v) is 1.72. The summed E-state index contributed by atoms with van der Waals surface area (Å²) in [5.74, 6) is 0.440. The molecule has 0 saturated carbocycles. The number of nitrogens with one attached hydrogen (secondary N) is 1. The highest BCUT2D eigenvalue weighted by Crippen LogP contribution is 2.17. The molecule has 2 atom stereocenters. The average Bonchev–Trinajstić information content (AvgIpc) is 2.36. The molecule has 0 heterocycles. The summed E-state index contributed by atoms with van der Waals surface area (Å²) in [4.78, 5) is 10.2.